The highest BCUT2D eigenvalue weighted by Gasteiger charge is 2.35. The molecule has 1 atom stereocenters. The monoisotopic (exact) mass is 275 g/mol. The Morgan fingerprint density at radius 3 is 2.62 bits per heavy atom. The van der Waals surface area contributed by atoms with Gasteiger partial charge in [0.25, 0.3) is 0 Å². The van der Waals surface area contributed by atoms with Crippen molar-refractivity contribution in [1.82, 2.24) is 0 Å². The first-order valence-corrected chi connectivity index (χ1v) is 7.75. The van der Waals surface area contributed by atoms with E-state index in [9.17, 15) is 0 Å². The Hall–Kier alpha value is -1.83. The Labute approximate surface area is 128 Å². The predicted octanol–water partition coefficient (Wildman–Crippen LogP) is 4.92. The van der Waals surface area contributed by atoms with E-state index in [1.54, 1.807) is 0 Å². The Morgan fingerprint density at radius 1 is 1.14 bits per heavy atom. The third kappa shape index (κ3) is 2.33. The van der Waals surface area contributed by atoms with E-state index in [-0.39, 0.29) is 0 Å². The summed E-state index contributed by atoms with van der Waals surface area (Å²) >= 11 is 0. The van der Waals surface area contributed by atoms with Crippen LogP contribution in [0.1, 0.15) is 32.3 Å². The molecule has 105 valence electrons. The first-order chi connectivity index (χ1) is 10.1. The lowest BCUT2D eigenvalue weighted by atomic mass is 9.90. The van der Waals surface area contributed by atoms with Crippen molar-refractivity contribution in [2.45, 2.75) is 33.5 Å². The Kier molecular flexibility index (Phi) is 3.71. The van der Waals surface area contributed by atoms with Crippen LogP contribution in [0.25, 0.3) is 10.8 Å². The van der Waals surface area contributed by atoms with Gasteiger partial charge in [-0.25, -0.2) is 0 Å². The first-order valence-electron chi connectivity index (χ1n) is 7.75. The van der Waals surface area contributed by atoms with Crippen molar-refractivity contribution in [3.05, 3.63) is 54.1 Å². The minimum atomic E-state index is 0.379. The highest BCUT2D eigenvalue weighted by molar-refractivity contribution is 6.27. The van der Waals surface area contributed by atoms with Crippen LogP contribution >= 0.6 is 0 Å². The molecule has 1 radical (unpaired) electrons. The van der Waals surface area contributed by atoms with Crippen molar-refractivity contribution in [2.24, 2.45) is 5.92 Å². The number of hydrogen-bond acceptors (Lipinski definition) is 0. The van der Waals surface area contributed by atoms with Crippen molar-refractivity contribution < 1.29 is 4.49 Å². The number of nitrogens with zero attached hydrogens (tertiary/aromatic N) is 1. The summed E-state index contributed by atoms with van der Waals surface area (Å²) in [5, 5.41) is 2.70. The summed E-state index contributed by atoms with van der Waals surface area (Å²) in [6, 6.07) is 13.2. The molecule has 2 aromatic rings. The highest BCUT2D eigenvalue weighted by Crippen LogP contribution is 2.40. The summed E-state index contributed by atoms with van der Waals surface area (Å²) < 4.78 is 2.33. The summed E-state index contributed by atoms with van der Waals surface area (Å²) in [5.74, 6) is 0.959. The maximum atomic E-state index is 2.37. The van der Waals surface area contributed by atoms with Crippen LogP contribution in [0.5, 0.6) is 0 Å². The Morgan fingerprint density at radius 2 is 1.90 bits per heavy atom. The van der Waals surface area contributed by atoms with Gasteiger partial charge in [0, 0.05) is 18.6 Å². The maximum Gasteiger partial charge on any atom is 0.536 e. The summed E-state index contributed by atoms with van der Waals surface area (Å²) in [7, 11) is 2.17. The lowest BCUT2D eigenvalue weighted by molar-refractivity contribution is -0.273. The van der Waals surface area contributed by atoms with Gasteiger partial charge in [-0.3, -0.25) is 4.49 Å². The lowest BCUT2D eigenvalue weighted by Gasteiger charge is -2.08. The molecule has 0 amide bonds. The topological polar surface area (TPSA) is 3.01 Å². The maximum absolute atomic E-state index is 2.37. The molecule has 1 unspecified atom stereocenters. The van der Waals surface area contributed by atoms with Crippen molar-refractivity contribution in [3.63, 3.8) is 0 Å². The quantitative estimate of drug-likeness (QED) is 0.552. The normalized spacial score (nSPS) is 18.0. The van der Waals surface area contributed by atoms with Crippen molar-refractivity contribution >= 4 is 29.6 Å². The number of rotatable bonds is 3. The first kappa shape index (κ1) is 14.1. The number of allylic oxidation sites excluding steroid dienone is 2. The van der Waals surface area contributed by atoms with Crippen molar-refractivity contribution in [1.29, 1.82) is 0 Å². The van der Waals surface area contributed by atoms with Crippen molar-refractivity contribution in [3.8, 4) is 0 Å². The fraction of sp³-hybridized carbons (Fsp3) is 0.316. The molecule has 1 nitrogen and oxygen atoms in total. The van der Waals surface area contributed by atoms with E-state index < -0.39 is 0 Å². The molecule has 1 aliphatic heterocycles. The van der Waals surface area contributed by atoms with E-state index >= 15 is 0 Å². The number of fused-ring (bicyclic) bond motifs is 3. The Balaban J connectivity index is 2.24. The second kappa shape index (κ2) is 5.52. The van der Waals surface area contributed by atoms with Gasteiger partial charge in [-0.15, -0.1) is 0 Å². The van der Waals surface area contributed by atoms with Crippen LogP contribution < -0.4 is 0 Å². The fourth-order valence-corrected chi connectivity index (χ4v) is 3.28. The molecular weight excluding hydrogens is 253 g/mol. The van der Waals surface area contributed by atoms with Gasteiger partial charge in [0.2, 0.25) is 0 Å². The standard InChI is InChI=1S/C19H22BN/c1-13(2)9-11-16-14(3)21(20-4)18-12-10-15-7-5-6-8-17(15)19(16)18/h5-13,16H,1-4H3/q+1/b11-9+. The summed E-state index contributed by atoms with van der Waals surface area (Å²) in [4.78, 5) is 0. The van der Waals surface area contributed by atoms with Gasteiger partial charge in [-0.1, -0.05) is 50.3 Å². The highest BCUT2D eigenvalue weighted by atomic mass is 15.0. The third-order valence-corrected chi connectivity index (χ3v) is 4.29. The van der Waals surface area contributed by atoms with Gasteiger partial charge in [0.15, 0.2) is 5.69 Å². The van der Waals surface area contributed by atoms with Crippen LogP contribution in [-0.2, 0) is 0 Å². The molecule has 0 aliphatic carbocycles. The van der Waals surface area contributed by atoms with Gasteiger partial charge in [0.05, 0.1) is 5.92 Å². The van der Waals surface area contributed by atoms with Crippen LogP contribution in [-0.4, -0.2) is 17.6 Å². The molecule has 21 heavy (non-hydrogen) atoms. The second-order valence-electron chi connectivity index (χ2n) is 6.10. The van der Waals surface area contributed by atoms with E-state index in [2.05, 4.69) is 88.0 Å². The number of hydrogen-bond donors (Lipinski definition) is 0. The van der Waals surface area contributed by atoms with E-state index in [1.807, 2.05) is 0 Å². The zero-order chi connectivity index (χ0) is 15.0. The SMILES string of the molecule is C[B][N+]1=C(C)C(/C=C/C(C)C)c2c1ccc1ccccc21. The number of benzene rings is 2. The lowest BCUT2D eigenvalue weighted by Crippen LogP contribution is -2.14. The third-order valence-electron chi connectivity index (χ3n) is 4.29. The summed E-state index contributed by atoms with van der Waals surface area (Å²) in [6.07, 6.45) is 4.69. The predicted molar refractivity (Wildman–Crippen MR) is 92.9 cm³/mol. The molecule has 3 rings (SSSR count). The molecule has 0 saturated heterocycles. The second-order valence-corrected chi connectivity index (χ2v) is 6.10. The van der Waals surface area contributed by atoms with Gasteiger partial charge < -0.3 is 0 Å². The van der Waals surface area contributed by atoms with Crippen LogP contribution in [0.3, 0.4) is 0 Å². The largest absolute Gasteiger partial charge is 0.536 e. The van der Waals surface area contributed by atoms with Crippen LogP contribution in [0.15, 0.2) is 48.6 Å². The smallest absolute Gasteiger partial charge is 0.285 e. The minimum Gasteiger partial charge on any atom is -0.285 e. The molecule has 1 aliphatic rings. The molecule has 0 fully saturated rings. The summed E-state index contributed by atoms with van der Waals surface area (Å²) in [6.45, 7) is 8.81. The molecule has 0 spiro atoms. The van der Waals surface area contributed by atoms with Gasteiger partial charge in [0.1, 0.15) is 5.71 Å². The van der Waals surface area contributed by atoms with Gasteiger partial charge in [-0.2, -0.15) is 0 Å². The van der Waals surface area contributed by atoms with E-state index in [0.717, 1.165) is 0 Å². The zero-order valence-corrected chi connectivity index (χ0v) is 13.3. The van der Waals surface area contributed by atoms with Gasteiger partial charge in [-0.05, 0) is 29.6 Å². The molecule has 0 N–H and O–H groups in total. The average Bonchev–Trinajstić information content (AvgIpc) is 2.76. The molecule has 0 aromatic heterocycles. The van der Waals surface area contributed by atoms with E-state index in [4.69, 9.17) is 0 Å². The molecule has 2 heteroatoms. The average molecular weight is 275 g/mol. The van der Waals surface area contributed by atoms with Gasteiger partial charge >= 0.3 is 7.41 Å². The van der Waals surface area contributed by atoms with Crippen LogP contribution in [0.4, 0.5) is 5.69 Å². The summed E-state index contributed by atoms with van der Waals surface area (Å²) in [5.41, 5.74) is 4.16. The molecule has 0 bridgehead atoms. The molecule has 2 aromatic carbocycles. The van der Waals surface area contributed by atoms with Crippen LogP contribution in [0.2, 0.25) is 6.82 Å². The molecular formula is C19H22BN+. The Bertz CT molecular complexity index is 740. The van der Waals surface area contributed by atoms with Crippen molar-refractivity contribution in [2.75, 3.05) is 0 Å². The fourth-order valence-electron chi connectivity index (χ4n) is 3.28. The van der Waals surface area contributed by atoms with Crippen LogP contribution in [0, 0.1) is 5.92 Å². The van der Waals surface area contributed by atoms with E-state index in [1.165, 1.54) is 27.7 Å². The zero-order valence-electron chi connectivity index (χ0n) is 13.3. The molecule has 1 heterocycles. The molecule has 0 saturated carbocycles. The minimum absolute atomic E-state index is 0.379. The van der Waals surface area contributed by atoms with E-state index in [0.29, 0.717) is 11.8 Å².